The van der Waals surface area contributed by atoms with Crippen LogP contribution in [-0.2, 0) is 25.4 Å². The van der Waals surface area contributed by atoms with E-state index in [-0.39, 0.29) is 57.2 Å². The van der Waals surface area contributed by atoms with E-state index in [2.05, 4.69) is 26.3 Å². The molecule has 436 valence electrons. The van der Waals surface area contributed by atoms with Gasteiger partial charge in [-0.25, -0.2) is 19.2 Å². The highest BCUT2D eigenvalue weighted by atomic mass is 16.6. The lowest BCUT2D eigenvalue weighted by atomic mass is 9.93. The average molecular weight is 1150 g/mol. The van der Waals surface area contributed by atoms with Crippen LogP contribution >= 0.6 is 0 Å². The third-order valence-corrected chi connectivity index (χ3v) is 13.4. The third-order valence-electron chi connectivity index (χ3n) is 13.4. The second kappa shape index (κ2) is 29.9. The maximum atomic E-state index is 13.0. The molecule has 0 amide bonds. The number of carbonyl (C=O) groups excluding carboxylic acids is 4. The predicted octanol–water partition coefficient (Wildman–Crippen LogP) is 10.5. The molecule has 0 aliphatic carbocycles. The minimum absolute atomic E-state index is 0.0442. The quantitative estimate of drug-likeness (QED) is 0.0243. The molecule has 0 radical (unpaired) electrons. The van der Waals surface area contributed by atoms with Crippen molar-refractivity contribution in [2.75, 3.05) is 52.9 Å². The Morgan fingerprint density at radius 3 is 0.871 bits per heavy atom. The summed E-state index contributed by atoms with van der Waals surface area (Å²) in [5.41, 5.74) is 5.57. The van der Waals surface area contributed by atoms with Gasteiger partial charge in [-0.1, -0.05) is 123 Å². The Balaban J connectivity index is 1.07. The molecule has 0 heterocycles. The molecule has 0 saturated carbocycles. The Morgan fingerprint density at radius 2 is 0.600 bits per heavy atom. The highest BCUT2D eigenvalue weighted by Crippen LogP contribution is 2.39. The maximum absolute atomic E-state index is 13.0. The Bertz CT molecular complexity index is 3400. The predicted molar refractivity (Wildman–Crippen MR) is 324 cm³/mol. The lowest BCUT2D eigenvalue weighted by molar-refractivity contribution is 0.0127. The van der Waals surface area contributed by atoms with Crippen molar-refractivity contribution >= 4 is 69.7 Å². The Labute approximate surface area is 491 Å². The zero-order valence-corrected chi connectivity index (χ0v) is 46.5. The second-order valence-electron chi connectivity index (χ2n) is 19.6. The van der Waals surface area contributed by atoms with Crippen LogP contribution in [0.15, 0.2) is 184 Å². The molecule has 16 nitrogen and oxygen atoms in total. The number of carbonyl (C=O) groups is 4. The summed E-state index contributed by atoms with van der Waals surface area (Å²) in [4.78, 5) is 51.5. The van der Waals surface area contributed by atoms with Crippen LogP contribution in [0.4, 0.5) is 0 Å². The Kier molecular flexibility index (Phi) is 21.6. The molecule has 0 saturated heterocycles. The van der Waals surface area contributed by atoms with Crippen molar-refractivity contribution in [1.82, 2.24) is 0 Å². The van der Waals surface area contributed by atoms with E-state index < -0.39 is 61.5 Å². The fourth-order valence-corrected chi connectivity index (χ4v) is 8.66. The van der Waals surface area contributed by atoms with E-state index in [0.29, 0.717) is 56.0 Å². The number of aliphatic hydroxyl groups excluding tert-OH is 4. The van der Waals surface area contributed by atoms with E-state index in [1.165, 1.54) is 0 Å². The topological polar surface area (TPSA) is 223 Å². The Morgan fingerprint density at radius 1 is 0.341 bits per heavy atom. The van der Waals surface area contributed by atoms with Gasteiger partial charge < -0.3 is 58.3 Å². The molecule has 85 heavy (non-hydrogen) atoms. The molecule has 4 atom stereocenters. The zero-order valence-electron chi connectivity index (χ0n) is 46.5. The highest BCUT2D eigenvalue weighted by Gasteiger charge is 2.22. The van der Waals surface area contributed by atoms with Gasteiger partial charge in [0.25, 0.3) is 0 Å². The molecule has 8 aromatic rings. The molecule has 0 aliphatic heterocycles. The molecule has 4 unspecified atom stereocenters. The van der Waals surface area contributed by atoms with E-state index in [9.17, 15) is 39.6 Å². The number of hydrogen-bond donors (Lipinski definition) is 4. The van der Waals surface area contributed by atoms with Crippen molar-refractivity contribution in [2.45, 2.75) is 30.8 Å². The van der Waals surface area contributed by atoms with Gasteiger partial charge in [0.05, 0.1) is 22.3 Å². The molecule has 0 aromatic heterocycles. The summed E-state index contributed by atoms with van der Waals surface area (Å²) in [6.07, 6.45) is 1.65. The summed E-state index contributed by atoms with van der Waals surface area (Å²) in [5, 5.41) is 47.0. The summed E-state index contributed by atoms with van der Waals surface area (Å²) < 4.78 is 46.7. The lowest BCUT2D eigenvalue weighted by Gasteiger charge is -2.21. The molecule has 8 aromatic carbocycles. The van der Waals surface area contributed by atoms with Gasteiger partial charge in [0.15, 0.2) is 0 Å². The van der Waals surface area contributed by atoms with Gasteiger partial charge in [-0.15, -0.1) is 0 Å². The van der Waals surface area contributed by atoms with Crippen LogP contribution in [0.25, 0.3) is 45.8 Å². The van der Waals surface area contributed by atoms with Crippen LogP contribution in [0.3, 0.4) is 0 Å². The second-order valence-corrected chi connectivity index (χ2v) is 19.6. The van der Waals surface area contributed by atoms with Crippen molar-refractivity contribution in [3.05, 3.63) is 240 Å². The van der Waals surface area contributed by atoms with Crippen molar-refractivity contribution in [3.8, 4) is 23.0 Å². The SMILES string of the molecule is C=Cc1ccc(C(=O)OCC(O)COc2ccc3ccc(OCC(O)COC(=O)c4ccc(C=C)cc4)c(Cc4c(OCC(O)COC(=O)c5ccc(C=C)cc5)ccc5ccc(OCC(O)COC(=O)c6ccc(C=C)cc6)cc45)c3c2)cc1. The van der Waals surface area contributed by atoms with E-state index >= 15 is 0 Å². The Hall–Kier alpha value is -9.84. The molecular formula is C69H64O16. The third kappa shape index (κ3) is 17.1. The fraction of sp³-hybridized carbons (Fsp3) is 0.188. The summed E-state index contributed by atoms with van der Waals surface area (Å²) >= 11 is 0. The summed E-state index contributed by atoms with van der Waals surface area (Å²) in [7, 11) is 0. The molecule has 0 fully saturated rings. The van der Waals surface area contributed by atoms with Crippen LogP contribution in [0.5, 0.6) is 23.0 Å². The molecule has 0 aliphatic rings. The summed E-state index contributed by atoms with van der Waals surface area (Å²) in [6.45, 7) is 12.3. The first-order chi connectivity index (χ1) is 41.2. The van der Waals surface area contributed by atoms with Gasteiger partial charge in [-0.2, -0.15) is 0 Å². The minimum Gasteiger partial charge on any atom is -0.491 e. The number of rotatable bonds is 30. The maximum Gasteiger partial charge on any atom is 0.338 e. The number of hydrogen-bond acceptors (Lipinski definition) is 16. The van der Waals surface area contributed by atoms with Gasteiger partial charge in [0.1, 0.15) is 100 Å². The highest BCUT2D eigenvalue weighted by molar-refractivity contribution is 5.94. The molecule has 16 heteroatoms. The molecule has 4 N–H and O–H groups in total. The van der Waals surface area contributed by atoms with Gasteiger partial charge in [0.2, 0.25) is 0 Å². The number of esters is 4. The fourth-order valence-electron chi connectivity index (χ4n) is 8.66. The van der Waals surface area contributed by atoms with E-state index in [1.807, 2.05) is 24.3 Å². The molecule has 0 spiro atoms. The van der Waals surface area contributed by atoms with Crippen molar-refractivity contribution in [2.24, 2.45) is 0 Å². The van der Waals surface area contributed by atoms with Gasteiger partial charge in [0, 0.05) is 17.5 Å². The summed E-state index contributed by atoms with van der Waals surface area (Å²) in [6, 6.07) is 44.2. The number of benzene rings is 8. The monoisotopic (exact) mass is 1150 g/mol. The minimum atomic E-state index is -1.28. The largest absolute Gasteiger partial charge is 0.491 e. The molecular weight excluding hydrogens is 1080 g/mol. The van der Waals surface area contributed by atoms with E-state index in [1.54, 1.807) is 158 Å². The first-order valence-electron chi connectivity index (χ1n) is 27.1. The van der Waals surface area contributed by atoms with E-state index in [0.717, 1.165) is 33.0 Å². The van der Waals surface area contributed by atoms with Crippen molar-refractivity contribution < 1.29 is 77.5 Å². The van der Waals surface area contributed by atoms with Gasteiger partial charge in [-0.3, -0.25) is 0 Å². The molecule has 8 rings (SSSR count). The lowest BCUT2D eigenvalue weighted by Crippen LogP contribution is -2.26. The van der Waals surface area contributed by atoms with Gasteiger partial charge in [-0.05, 0) is 129 Å². The average Bonchev–Trinajstić information content (AvgIpc) is 2.12. The first-order valence-corrected chi connectivity index (χ1v) is 27.1. The van der Waals surface area contributed by atoms with Crippen molar-refractivity contribution in [3.63, 3.8) is 0 Å². The van der Waals surface area contributed by atoms with Crippen LogP contribution in [-0.4, -0.2) is 122 Å². The van der Waals surface area contributed by atoms with Gasteiger partial charge >= 0.3 is 23.9 Å². The van der Waals surface area contributed by atoms with E-state index in [4.69, 9.17) is 37.9 Å². The van der Waals surface area contributed by atoms with Crippen molar-refractivity contribution in [1.29, 1.82) is 0 Å². The number of ether oxygens (including phenoxy) is 8. The normalized spacial score (nSPS) is 12.4. The number of fused-ring (bicyclic) bond motifs is 2. The zero-order chi connectivity index (χ0) is 60.2. The molecule has 0 bridgehead atoms. The first kappa shape index (κ1) is 61.2. The van der Waals surface area contributed by atoms with Crippen LogP contribution in [0.1, 0.15) is 74.8 Å². The smallest absolute Gasteiger partial charge is 0.338 e. The summed E-state index contributed by atoms with van der Waals surface area (Å²) in [5.74, 6) is -1.26. The standard InChI is InChI=1S/C69H64O16/c1-5-44-9-17-50(18-10-44)66(74)82-40-54(70)36-78-58-29-25-48-27-31-64(80-38-56(72)42-84-68(76)52-21-13-46(7-3)14-22-52)62(60(48)33-58)35-63-61-34-59(79-37-55(71)41-83-67(75)51-19-11-45(6-2)12-20-51)30-26-49(61)28-32-65(63)81-39-57(73)43-85-69(77)53-23-15-47(8-4)16-24-53/h5-34,54-57,70-73H,1-4,35-43H2. The number of aliphatic hydroxyl groups is 4. The van der Waals surface area contributed by atoms with Crippen LogP contribution < -0.4 is 18.9 Å². The van der Waals surface area contributed by atoms with Crippen LogP contribution in [0, 0.1) is 0 Å². The van der Waals surface area contributed by atoms with Crippen LogP contribution in [0.2, 0.25) is 0 Å².